The van der Waals surface area contributed by atoms with Gasteiger partial charge in [0, 0.05) is 6.54 Å². The van der Waals surface area contributed by atoms with E-state index in [0.717, 1.165) is 0 Å². The molecule has 0 aliphatic carbocycles. The normalized spacial score (nSPS) is 12.1. The molecule has 0 saturated heterocycles. The first kappa shape index (κ1) is 12.2. The zero-order valence-electron chi connectivity index (χ0n) is 8.59. The van der Waals surface area contributed by atoms with Crippen LogP contribution >= 0.6 is 0 Å². The van der Waals surface area contributed by atoms with E-state index in [-0.39, 0.29) is 6.54 Å². The van der Waals surface area contributed by atoms with Crippen molar-refractivity contribution in [1.29, 1.82) is 0 Å². The van der Waals surface area contributed by atoms with Gasteiger partial charge in [0.1, 0.15) is 0 Å². The Bertz CT molecular complexity index is 403. The summed E-state index contributed by atoms with van der Waals surface area (Å²) in [6.07, 6.45) is -0.438. The number of hydrogen-bond acceptors (Lipinski definition) is 3. The average Bonchev–Trinajstić information content (AvgIpc) is 2.25. The average molecular weight is 223 g/mol. The third-order valence-corrected chi connectivity index (χ3v) is 2.33. The third-order valence-electron chi connectivity index (χ3n) is 2.33. The van der Waals surface area contributed by atoms with Crippen LogP contribution in [-0.4, -0.2) is 22.2 Å². The number of carboxylic acid groups (broad SMARTS) is 2. The molecular weight excluding hydrogens is 210 g/mol. The van der Waals surface area contributed by atoms with E-state index in [1.807, 2.05) is 0 Å². The van der Waals surface area contributed by atoms with Crippen LogP contribution in [0.5, 0.6) is 0 Å². The van der Waals surface area contributed by atoms with Crippen molar-refractivity contribution in [3.63, 3.8) is 0 Å². The van der Waals surface area contributed by atoms with E-state index in [1.54, 1.807) is 24.3 Å². The molecule has 0 heterocycles. The van der Waals surface area contributed by atoms with Crippen LogP contribution in [0.4, 0.5) is 0 Å². The van der Waals surface area contributed by atoms with Crippen LogP contribution in [0.2, 0.25) is 0 Å². The number of nitrogens with two attached hydrogens (primary N) is 1. The first-order valence-electron chi connectivity index (χ1n) is 4.78. The van der Waals surface area contributed by atoms with Gasteiger partial charge in [-0.2, -0.15) is 0 Å². The predicted octanol–water partition coefficient (Wildman–Crippen LogP) is 0.788. The number of hydrogen-bond donors (Lipinski definition) is 3. The van der Waals surface area contributed by atoms with Gasteiger partial charge in [-0.1, -0.05) is 24.3 Å². The van der Waals surface area contributed by atoms with Gasteiger partial charge in [0.25, 0.3) is 0 Å². The van der Waals surface area contributed by atoms with Gasteiger partial charge >= 0.3 is 11.9 Å². The predicted molar refractivity (Wildman–Crippen MR) is 57.0 cm³/mol. The highest BCUT2D eigenvalue weighted by molar-refractivity contribution is 5.82. The summed E-state index contributed by atoms with van der Waals surface area (Å²) >= 11 is 0. The van der Waals surface area contributed by atoms with Gasteiger partial charge in [-0.25, -0.2) is 0 Å². The zero-order valence-corrected chi connectivity index (χ0v) is 8.59. The second-order valence-corrected chi connectivity index (χ2v) is 3.39. The minimum Gasteiger partial charge on any atom is -0.481 e. The van der Waals surface area contributed by atoms with Crippen molar-refractivity contribution < 1.29 is 19.8 Å². The number of carbonyl (C=O) groups is 2. The van der Waals surface area contributed by atoms with Crippen molar-refractivity contribution >= 4 is 11.9 Å². The molecule has 1 atom stereocenters. The van der Waals surface area contributed by atoms with Gasteiger partial charge in [-0.3, -0.25) is 9.59 Å². The number of aliphatic carboxylic acids is 2. The van der Waals surface area contributed by atoms with Crippen LogP contribution < -0.4 is 5.73 Å². The van der Waals surface area contributed by atoms with Crippen LogP contribution in [0.3, 0.4) is 0 Å². The van der Waals surface area contributed by atoms with Gasteiger partial charge in [-0.05, 0) is 11.1 Å². The molecule has 0 radical (unpaired) electrons. The van der Waals surface area contributed by atoms with E-state index in [2.05, 4.69) is 0 Å². The molecule has 0 amide bonds. The Labute approximate surface area is 92.5 Å². The SMILES string of the molecule is NCc1ccccc1C(CC(=O)O)C(=O)O. The summed E-state index contributed by atoms with van der Waals surface area (Å²) in [5, 5.41) is 17.7. The zero-order chi connectivity index (χ0) is 12.1. The second-order valence-electron chi connectivity index (χ2n) is 3.39. The van der Waals surface area contributed by atoms with E-state index in [9.17, 15) is 9.59 Å². The molecule has 5 heteroatoms. The molecule has 1 aromatic rings. The van der Waals surface area contributed by atoms with Gasteiger partial charge in [0.15, 0.2) is 0 Å². The lowest BCUT2D eigenvalue weighted by Gasteiger charge is -2.14. The molecule has 5 nitrogen and oxygen atoms in total. The van der Waals surface area contributed by atoms with Gasteiger partial charge in [0.05, 0.1) is 12.3 Å². The highest BCUT2D eigenvalue weighted by Gasteiger charge is 2.24. The molecule has 0 fully saturated rings. The molecule has 16 heavy (non-hydrogen) atoms. The van der Waals surface area contributed by atoms with E-state index in [0.29, 0.717) is 11.1 Å². The largest absolute Gasteiger partial charge is 0.481 e. The molecule has 4 N–H and O–H groups in total. The van der Waals surface area contributed by atoms with Gasteiger partial charge in [0.2, 0.25) is 0 Å². The molecule has 1 aromatic carbocycles. The van der Waals surface area contributed by atoms with Crippen LogP contribution in [0.1, 0.15) is 23.5 Å². The fourth-order valence-electron chi connectivity index (χ4n) is 1.56. The highest BCUT2D eigenvalue weighted by Crippen LogP contribution is 2.23. The summed E-state index contributed by atoms with van der Waals surface area (Å²) in [5.41, 5.74) is 6.61. The molecule has 0 saturated carbocycles. The summed E-state index contributed by atoms with van der Waals surface area (Å²) in [7, 11) is 0. The Morgan fingerprint density at radius 1 is 1.25 bits per heavy atom. The quantitative estimate of drug-likeness (QED) is 0.685. The van der Waals surface area contributed by atoms with Crippen LogP contribution in [0.25, 0.3) is 0 Å². The van der Waals surface area contributed by atoms with Crippen molar-refractivity contribution in [2.24, 2.45) is 5.73 Å². The maximum Gasteiger partial charge on any atom is 0.311 e. The number of carboxylic acids is 2. The number of rotatable bonds is 5. The fourth-order valence-corrected chi connectivity index (χ4v) is 1.56. The molecule has 1 unspecified atom stereocenters. The Kier molecular flexibility index (Phi) is 4.02. The Morgan fingerprint density at radius 3 is 2.38 bits per heavy atom. The fraction of sp³-hybridized carbons (Fsp3) is 0.273. The molecule has 0 spiro atoms. The van der Waals surface area contributed by atoms with E-state index >= 15 is 0 Å². The molecule has 0 aromatic heterocycles. The van der Waals surface area contributed by atoms with Crippen molar-refractivity contribution in [1.82, 2.24) is 0 Å². The lowest BCUT2D eigenvalue weighted by atomic mass is 9.91. The lowest BCUT2D eigenvalue weighted by molar-refractivity contribution is -0.145. The van der Waals surface area contributed by atoms with Crippen molar-refractivity contribution in [3.05, 3.63) is 35.4 Å². The minimum atomic E-state index is -1.15. The first-order valence-corrected chi connectivity index (χ1v) is 4.78. The molecule has 86 valence electrons. The minimum absolute atomic E-state index is 0.194. The van der Waals surface area contributed by atoms with Crippen molar-refractivity contribution in [3.8, 4) is 0 Å². The van der Waals surface area contributed by atoms with Crippen LogP contribution in [0, 0.1) is 0 Å². The standard InChI is InChI=1S/C11H13NO4/c12-6-7-3-1-2-4-8(7)9(11(15)16)5-10(13)14/h1-4,9H,5-6,12H2,(H,13,14)(H,15,16). The van der Waals surface area contributed by atoms with Gasteiger partial charge in [-0.15, -0.1) is 0 Å². The molecule has 0 bridgehead atoms. The third kappa shape index (κ3) is 2.80. The maximum absolute atomic E-state index is 11.0. The van der Waals surface area contributed by atoms with Crippen LogP contribution in [-0.2, 0) is 16.1 Å². The molecule has 0 aliphatic heterocycles. The monoisotopic (exact) mass is 223 g/mol. The topological polar surface area (TPSA) is 101 Å². The summed E-state index contributed by atoms with van der Waals surface area (Å²) in [6, 6.07) is 6.72. The number of benzene rings is 1. The lowest BCUT2D eigenvalue weighted by Crippen LogP contribution is -2.18. The molecule has 0 aliphatic rings. The Morgan fingerprint density at radius 2 is 1.88 bits per heavy atom. The van der Waals surface area contributed by atoms with E-state index in [1.165, 1.54) is 0 Å². The van der Waals surface area contributed by atoms with E-state index in [4.69, 9.17) is 15.9 Å². The van der Waals surface area contributed by atoms with Crippen molar-refractivity contribution in [2.45, 2.75) is 18.9 Å². The van der Waals surface area contributed by atoms with Crippen LogP contribution in [0.15, 0.2) is 24.3 Å². The molecular formula is C11H13NO4. The highest BCUT2D eigenvalue weighted by atomic mass is 16.4. The Balaban J connectivity index is 3.10. The van der Waals surface area contributed by atoms with Gasteiger partial charge < -0.3 is 15.9 Å². The molecule has 1 rings (SSSR count). The smallest absolute Gasteiger partial charge is 0.311 e. The summed E-state index contributed by atoms with van der Waals surface area (Å²) in [5.74, 6) is -3.33. The summed E-state index contributed by atoms with van der Waals surface area (Å²) in [6.45, 7) is 0.194. The summed E-state index contributed by atoms with van der Waals surface area (Å²) in [4.78, 5) is 21.6. The maximum atomic E-state index is 11.0. The Hall–Kier alpha value is -1.88. The second kappa shape index (κ2) is 5.27. The van der Waals surface area contributed by atoms with Crippen molar-refractivity contribution in [2.75, 3.05) is 0 Å². The first-order chi connectivity index (χ1) is 7.56. The van der Waals surface area contributed by atoms with E-state index < -0.39 is 24.3 Å². The summed E-state index contributed by atoms with van der Waals surface area (Å²) < 4.78 is 0.